The summed E-state index contributed by atoms with van der Waals surface area (Å²) < 4.78 is 10.1. The molecule has 0 radical (unpaired) electrons. The largest absolute Gasteiger partial charge is 0.469 e. The molecule has 0 spiro atoms. The van der Waals surface area contributed by atoms with Crippen LogP contribution in [0.25, 0.3) is 0 Å². The van der Waals surface area contributed by atoms with Crippen LogP contribution in [-0.4, -0.2) is 25.7 Å². The van der Waals surface area contributed by atoms with Gasteiger partial charge in [-0.3, -0.25) is 9.59 Å². The van der Waals surface area contributed by atoms with Gasteiger partial charge in [-0.25, -0.2) is 0 Å². The van der Waals surface area contributed by atoms with Crippen molar-refractivity contribution in [3.63, 3.8) is 0 Å². The summed E-state index contributed by atoms with van der Waals surface area (Å²) in [5.41, 5.74) is 3.77. The van der Waals surface area contributed by atoms with Crippen molar-refractivity contribution in [1.82, 2.24) is 0 Å². The summed E-state index contributed by atoms with van der Waals surface area (Å²) in [6, 6.07) is 0. The molecule has 0 aromatic rings. The lowest BCUT2D eigenvalue weighted by Crippen LogP contribution is -2.50. The fourth-order valence-corrected chi connectivity index (χ4v) is 6.36. The SMILES string of the molecule is C=C[C@]1(C)CCC2=C(CC[C@@H]3[C@](C)(COC(=O)CC(=O)OC)CCC[C@@]23C)C1. The molecule has 0 bridgehead atoms. The van der Waals surface area contributed by atoms with Crippen LogP contribution in [0, 0.1) is 22.2 Å². The molecule has 0 N–H and O–H groups in total. The van der Waals surface area contributed by atoms with Crippen molar-refractivity contribution in [2.75, 3.05) is 13.7 Å². The summed E-state index contributed by atoms with van der Waals surface area (Å²) in [4.78, 5) is 23.4. The predicted molar refractivity (Wildman–Crippen MR) is 110 cm³/mol. The summed E-state index contributed by atoms with van der Waals surface area (Å²) in [5, 5.41) is 0. The van der Waals surface area contributed by atoms with E-state index >= 15 is 0 Å². The van der Waals surface area contributed by atoms with E-state index in [0.717, 1.165) is 32.1 Å². The Bertz CT molecular complexity index is 693. The molecule has 0 unspecified atom stereocenters. The smallest absolute Gasteiger partial charge is 0.317 e. The van der Waals surface area contributed by atoms with Gasteiger partial charge in [0.2, 0.25) is 0 Å². The second-order valence-electron chi connectivity index (χ2n) is 10.0. The molecule has 156 valence electrons. The van der Waals surface area contributed by atoms with Crippen molar-refractivity contribution >= 4 is 11.9 Å². The van der Waals surface area contributed by atoms with E-state index < -0.39 is 11.9 Å². The Morgan fingerprint density at radius 2 is 1.89 bits per heavy atom. The lowest BCUT2D eigenvalue weighted by Gasteiger charge is -2.57. The minimum absolute atomic E-state index is 0.0313. The zero-order valence-electron chi connectivity index (χ0n) is 18.1. The molecule has 4 nitrogen and oxygen atoms in total. The monoisotopic (exact) mass is 388 g/mol. The number of carbonyl (C=O) groups is 2. The quantitative estimate of drug-likeness (QED) is 0.361. The van der Waals surface area contributed by atoms with Gasteiger partial charge in [0.1, 0.15) is 6.42 Å². The van der Waals surface area contributed by atoms with Crippen molar-refractivity contribution in [2.24, 2.45) is 22.2 Å². The average molecular weight is 389 g/mol. The van der Waals surface area contributed by atoms with Crippen LogP contribution in [0.2, 0.25) is 0 Å². The molecule has 0 saturated heterocycles. The maximum atomic E-state index is 12.0. The van der Waals surface area contributed by atoms with Gasteiger partial charge in [0.25, 0.3) is 0 Å². The van der Waals surface area contributed by atoms with Crippen LogP contribution in [0.3, 0.4) is 0 Å². The normalized spacial score (nSPS) is 37.5. The zero-order valence-corrected chi connectivity index (χ0v) is 18.1. The third-order valence-corrected chi connectivity index (χ3v) is 8.04. The van der Waals surface area contributed by atoms with Crippen LogP contribution < -0.4 is 0 Å². The molecule has 1 fully saturated rings. The van der Waals surface area contributed by atoms with Crippen molar-refractivity contribution < 1.29 is 19.1 Å². The van der Waals surface area contributed by atoms with Gasteiger partial charge in [0.15, 0.2) is 0 Å². The highest BCUT2D eigenvalue weighted by Gasteiger charge is 2.53. The van der Waals surface area contributed by atoms with E-state index in [1.54, 1.807) is 11.1 Å². The Morgan fingerprint density at radius 3 is 2.57 bits per heavy atom. The first-order valence-electron chi connectivity index (χ1n) is 10.7. The molecule has 0 aromatic heterocycles. The van der Waals surface area contributed by atoms with Crippen molar-refractivity contribution in [2.45, 2.75) is 78.6 Å². The third kappa shape index (κ3) is 3.79. The van der Waals surface area contributed by atoms with E-state index in [4.69, 9.17) is 4.74 Å². The molecule has 4 heteroatoms. The molecule has 0 heterocycles. The van der Waals surface area contributed by atoms with Gasteiger partial charge in [-0.1, -0.05) is 44.4 Å². The van der Waals surface area contributed by atoms with E-state index in [-0.39, 0.29) is 22.7 Å². The minimum Gasteiger partial charge on any atom is -0.469 e. The highest BCUT2D eigenvalue weighted by Crippen LogP contribution is 2.63. The van der Waals surface area contributed by atoms with E-state index in [1.165, 1.54) is 26.4 Å². The van der Waals surface area contributed by atoms with Gasteiger partial charge < -0.3 is 9.47 Å². The number of methoxy groups -OCH3 is 1. The molecule has 3 aliphatic carbocycles. The number of carbonyl (C=O) groups excluding carboxylic acids is 2. The van der Waals surface area contributed by atoms with Crippen LogP contribution in [0.15, 0.2) is 23.8 Å². The van der Waals surface area contributed by atoms with E-state index in [9.17, 15) is 9.59 Å². The van der Waals surface area contributed by atoms with E-state index in [0.29, 0.717) is 12.5 Å². The minimum atomic E-state index is -0.538. The lowest BCUT2D eigenvalue weighted by molar-refractivity contribution is -0.158. The second kappa shape index (κ2) is 7.68. The number of rotatable bonds is 5. The summed E-state index contributed by atoms with van der Waals surface area (Å²) in [6.45, 7) is 11.6. The Hall–Kier alpha value is -1.58. The van der Waals surface area contributed by atoms with Gasteiger partial charge in [0.05, 0.1) is 13.7 Å². The van der Waals surface area contributed by atoms with Crippen LogP contribution in [0.5, 0.6) is 0 Å². The lowest BCUT2D eigenvalue weighted by atomic mass is 9.47. The topological polar surface area (TPSA) is 52.6 Å². The molecule has 3 rings (SSSR count). The van der Waals surface area contributed by atoms with Crippen LogP contribution in [0.4, 0.5) is 0 Å². The Labute approximate surface area is 169 Å². The molecule has 1 saturated carbocycles. The summed E-state index contributed by atoms with van der Waals surface area (Å²) in [5.74, 6) is -0.495. The molecular formula is C24H36O4. The van der Waals surface area contributed by atoms with Crippen LogP contribution in [0.1, 0.15) is 78.6 Å². The maximum absolute atomic E-state index is 12.0. The highest BCUT2D eigenvalue weighted by molar-refractivity contribution is 5.91. The molecule has 0 aliphatic heterocycles. The first kappa shape index (κ1) is 21.1. The number of hydrogen-bond acceptors (Lipinski definition) is 4. The Balaban J connectivity index is 1.77. The number of esters is 2. The highest BCUT2D eigenvalue weighted by atomic mass is 16.5. The predicted octanol–water partition coefficient (Wildman–Crippen LogP) is 5.37. The van der Waals surface area contributed by atoms with Crippen LogP contribution in [-0.2, 0) is 19.1 Å². The zero-order chi connectivity index (χ0) is 20.6. The number of hydrogen-bond donors (Lipinski definition) is 0. The number of allylic oxidation sites excluding steroid dienone is 3. The van der Waals surface area contributed by atoms with Crippen molar-refractivity contribution in [3.05, 3.63) is 23.8 Å². The standard InChI is InChI=1S/C24H36O4/c1-6-22(2)13-10-18-17(15-22)8-9-19-23(3,11-7-12-24(18,19)4)16-28-21(26)14-20(25)27-5/h6,19H,1,7-16H2,2-5H3/t19-,22-,23+,24+/m1/s1. The average Bonchev–Trinajstić information content (AvgIpc) is 2.66. The van der Waals surface area contributed by atoms with E-state index in [1.807, 2.05) is 0 Å². The first-order valence-corrected chi connectivity index (χ1v) is 10.7. The summed E-state index contributed by atoms with van der Waals surface area (Å²) >= 11 is 0. The number of fused-ring (bicyclic) bond motifs is 2. The second-order valence-corrected chi connectivity index (χ2v) is 10.0. The Kier molecular flexibility index (Phi) is 5.80. The van der Waals surface area contributed by atoms with Crippen molar-refractivity contribution in [3.8, 4) is 0 Å². The summed E-state index contributed by atoms with van der Waals surface area (Å²) in [6.07, 6.45) is 11.1. The fraction of sp³-hybridized carbons (Fsp3) is 0.750. The Morgan fingerprint density at radius 1 is 1.14 bits per heavy atom. The van der Waals surface area contributed by atoms with Crippen molar-refractivity contribution in [1.29, 1.82) is 0 Å². The molecule has 4 atom stereocenters. The molecule has 0 amide bonds. The summed E-state index contributed by atoms with van der Waals surface area (Å²) in [7, 11) is 1.29. The first-order chi connectivity index (χ1) is 13.2. The van der Waals surface area contributed by atoms with Gasteiger partial charge in [-0.05, 0) is 61.7 Å². The molecule has 28 heavy (non-hydrogen) atoms. The van der Waals surface area contributed by atoms with Gasteiger partial charge in [-0.2, -0.15) is 0 Å². The van der Waals surface area contributed by atoms with Gasteiger partial charge >= 0.3 is 11.9 Å². The fourth-order valence-electron chi connectivity index (χ4n) is 6.36. The molecule has 0 aromatic carbocycles. The van der Waals surface area contributed by atoms with Gasteiger partial charge in [-0.15, -0.1) is 6.58 Å². The third-order valence-electron chi connectivity index (χ3n) is 8.04. The number of ether oxygens (including phenoxy) is 2. The maximum Gasteiger partial charge on any atom is 0.317 e. The molecule has 3 aliphatic rings. The van der Waals surface area contributed by atoms with Crippen LogP contribution >= 0.6 is 0 Å². The van der Waals surface area contributed by atoms with Gasteiger partial charge in [0, 0.05) is 5.41 Å². The van der Waals surface area contributed by atoms with E-state index in [2.05, 4.69) is 38.2 Å². The molecular weight excluding hydrogens is 352 g/mol.